The van der Waals surface area contributed by atoms with Crippen molar-refractivity contribution in [1.29, 1.82) is 0 Å². The molecule has 2 aromatic carbocycles. The SMILES string of the molecule is CCOC(=O)C(C)Oc1ccc(C=NNC(=O)CCC(=O)Nc2ccc(F)cc2)cc1. The van der Waals surface area contributed by atoms with Crippen molar-refractivity contribution in [2.45, 2.75) is 32.8 Å². The summed E-state index contributed by atoms with van der Waals surface area (Å²) in [5.74, 6) is -1.13. The molecule has 0 aliphatic rings. The molecule has 2 rings (SSSR count). The summed E-state index contributed by atoms with van der Waals surface area (Å²) < 4.78 is 23.2. The second-order valence-corrected chi connectivity index (χ2v) is 6.43. The number of carbonyl (C=O) groups is 3. The Morgan fingerprint density at radius 1 is 1.03 bits per heavy atom. The molecule has 0 spiro atoms. The molecule has 0 heterocycles. The van der Waals surface area contributed by atoms with E-state index in [4.69, 9.17) is 9.47 Å². The number of amides is 2. The first-order valence-corrected chi connectivity index (χ1v) is 9.68. The normalized spacial score (nSPS) is 11.6. The van der Waals surface area contributed by atoms with Crippen LogP contribution in [-0.4, -0.2) is 36.7 Å². The molecular weight excluding hydrogens is 405 g/mol. The number of esters is 1. The van der Waals surface area contributed by atoms with Crippen LogP contribution < -0.4 is 15.5 Å². The summed E-state index contributed by atoms with van der Waals surface area (Å²) in [5.41, 5.74) is 3.49. The van der Waals surface area contributed by atoms with E-state index in [9.17, 15) is 18.8 Å². The van der Waals surface area contributed by atoms with Crippen LogP contribution in [0.2, 0.25) is 0 Å². The van der Waals surface area contributed by atoms with Crippen molar-refractivity contribution < 1.29 is 28.2 Å². The van der Waals surface area contributed by atoms with Crippen LogP contribution in [0.25, 0.3) is 0 Å². The van der Waals surface area contributed by atoms with Gasteiger partial charge < -0.3 is 14.8 Å². The van der Waals surface area contributed by atoms with Gasteiger partial charge >= 0.3 is 5.97 Å². The molecule has 0 saturated carbocycles. The Kier molecular flexibility index (Phi) is 9.15. The minimum Gasteiger partial charge on any atom is -0.479 e. The third-order valence-electron chi connectivity index (χ3n) is 3.92. The van der Waals surface area contributed by atoms with Gasteiger partial charge in [-0.3, -0.25) is 9.59 Å². The molecule has 2 aromatic rings. The number of hydrogen-bond acceptors (Lipinski definition) is 6. The second kappa shape index (κ2) is 12.1. The van der Waals surface area contributed by atoms with Crippen molar-refractivity contribution in [3.05, 3.63) is 59.9 Å². The number of hydrazone groups is 1. The van der Waals surface area contributed by atoms with Crippen molar-refractivity contribution in [3.63, 3.8) is 0 Å². The van der Waals surface area contributed by atoms with E-state index in [0.29, 0.717) is 17.0 Å². The molecule has 0 bridgehead atoms. The molecule has 31 heavy (non-hydrogen) atoms. The molecule has 164 valence electrons. The average Bonchev–Trinajstić information content (AvgIpc) is 2.75. The fourth-order valence-electron chi connectivity index (χ4n) is 2.36. The number of ether oxygens (including phenoxy) is 2. The molecule has 0 radical (unpaired) electrons. The van der Waals surface area contributed by atoms with Crippen LogP contribution >= 0.6 is 0 Å². The standard InChI is InChI=1S/C22H24FN3O5/c1-3-30-22(29)15(2)31-19-10-4-16(5-11-19)14-24-26-21(28)13-12-20(27)25-18-8-6-17(23)7-9-18/h4-11,14-15H,3,12-13H2,1-2H3,(H,25,27)(H,26,28). The Morgan fingerprint density at radius 3 is 2.32 bits per heavy atom. The molecule has 0 saturated heterocycles. The van der Waals surface area contributed by atoms with E-state index in [1.165, 1.54) is 30.5 Å². The number of carbonyl (C=O) groups excluding carboxylic acids is 3. The first kappa shape index (κ1) is 23.5. The first-order chi connectivity index (χ1) is 14.9. The fourth-order valence-corrected chi connectivity index (χ4v) is 2.36. The van der Waals surface area contributed by atoms with E-state index < -0.39 is 23.8 Å². The lowest BCUT2D eigenvalue weighted by Gasteiger charge is -2.13. The van der Waals surface area contributed by atoms with Crippen LogP contribution in [0.1, 0.15) is 32.3 Å². The van der Waals surface area contributed by atoms with Crippen LogP contribution in [0, 0.1) is 5.82 Å². The molecule has 0 aliphatic carbocycles. The molecule has 2 amide bonds. The number of benzene rings is 2. The number of nitrogens with zero attached hydrogens (tertiary/aromatic N) is 1. The van der Waals surface area contributed by atoms with Gasteiger partial charge in [0.1, 0.15) is 11.6 Å². The molecule has 8 nitrogen and oxygen atoms in total. The lowest BCUT2D eigenvalue weighted by molar-refractivity contribution is -0.150. The maximum Gasteiger partial charge on any atom is 0.347 e. The maximum absolute atomic E-state index is 12.8. The van der Waals surface area contributed by atoms with Crippen LogP contribution in [-0.2, 0) is 19.1 Å². The minimum absolute atomic E-state index is 0.0383. The molecule has 1 atom stereocenters. The first-order valence-electron chi connectivity index (χ1n) is 9.68. The highest BCUT2D eigenvalue weighted by Gasteiger charge is 2.15. The lowest BCUT2D eigenvalue weighted by atomic mass is 10.2. The second-order valence-electron chi connectivity index (χ2n) is 6.43. The van der Waals surface area contributed by atoms with E-state index in [-0.39, 0.29) is 25.4 Å². The van der Waals surface area contributed by atoms with Crippen LogP contribution in [0.4, 0.5) is 10.1 Å². The molecule has 2 N–H and O–H groups in total. The summed E-state index contributed by atoms with van der Waals surface area (Å²) in [6.45, 7) is 3.61. The summed E-state index contributed by atoms with van der Waals surface area (Å²) in [6.07, 6.45) is 0.625. The van der Waals surface area contributed by atoms with Gasteiger partial charge in [0, 0.05) is 18.5 Å². The van der Waals surface area contributed by atoms with Gasteiger partial charge in [-0.25, -0.2) is 14.6 Å². The van der Waals surface area contributed by atoms with Gasteiger partial charge in [-0.05, 0) is 67.9 Å². The van der Waals surface area contributed by atoms with Gasteiger partial charge in [-0.15, -0.1) is 0 Å². The highest BCUT2D eigenvalue weighted by atomic mass is 19.1. The van der Waals surface area contributed by atoms with Crippen LogP contribution in [0.15, 0.2) is 53.6 Å². The molecule has 0 aromatic heterocycles. The molecular formula is C22H24FN3O5. The molecule has 1 unspecified atom stereocenters. The minimum atomic E-state index is -0.723. The van der Waals surface area contributed by atoms with E-state index >= 15 is 0 Å². The number of halogens is 1. The zero-order valence-electron chi connectivity index (χ0n) is 17.3. The Bertz CT molecular complexity index is 914. The quantitative estimate of drug-likeness (QED) is 0.343. The van der Waals surface area contributed by atoms with Crippen molar-refractivity contribution in [2.75, 3.05) is 11.9 Å². The molecule has 0 fully saturated rings. The van der Waals surface area contributed by atoms with Gasteiger partial charge in [0.2, 0.25) is 11.8 Å². The molecule has 9 heteroatoms. The van der Waals surface area contributed by atoms with Crippen LogP contribution in [0.5, 0.6) is 5.75 Å². The van der Waals surface area contributed by atoms with Crippen molar-refractivity contribution in [2.24, 2.45) is 5.10 Å². The van der Waals surface area contributed by atoms with Crippen molar-refractivity contribution >= 4 is 29.7 Å². The highest BCUT2D eigenvalue weighted by molar-refractivity contribution is 5.93. The largest absolute Gasteiger partial charge is 0.479 e. The smallest absolute Gasteiger partial charge is 0.347 e. The number of nitrogens with one attached hydrogen (secondary N) is 2. The van der Waals surface area contributed by atoms with Gasteiger partial charge in [0.15, 0.2) is 6.10 Å². The number of hydrogen-bond donors (Lipinski definition) is 2. The van der Waals surface area contributed by atoms with Gasteiger partial charge in [0.25, 0.3) is 0 Å². The monoisotopic (exact) mass is 429 g/mol. The summed E-state index contributed by atoms with van der Waals surface area (Å²) in [6, 6.07) is 12.1. The van der Waals surface area contributed by atoms with E-state index in [2.05, 4.69) is 15.8 Å². The van der Waals surface area contributed by atoms with Gasteiger partial charge in [0.05, 0.1) is 12.8 Å². The van der Waals surface area contributed by atoms with Gasteiger partial charge in [-0.1, -0.05) is 0 Å². The number of anilines is 1. The van der Waals surface area contributed by atoms with E-state index in [1.54, 1.807) is 38.1 Å². The third-order valence-corrected chi connectivity index (χ3v) is 3.92. The summed E-state index contributed by atoms with van der Waals surface area (Å²) >= 11 is 0. The topological polar surface area (TPSA) is 106 Å². The predicted octanol–water partition coefficient (Wildman–Crippen LogP) is 3.03. The van der Waals surface area contributed by atoms with E-state index in [1.807, 2.05) is 0 Å². The fraction of sp³-hybridized carbons (Fsp3) is 0.273. The Balaban J connectivity index is 1.72. The number of rotatable bonds is 10. The average molecular weight is 429 g/mol. The molecule has 0 aliphatic heterocycles. The Labute approximate surface area is 179 Å². The third kappa shape index (κ3) is 8.65. The summed E-state index contributed by atoms with van der Waals surface area (Å²) in [5, 5.41) is 6.42. The predicted molar refractivity (Wildman–Crippen MR) is 113 cm³/mol. The summed E-state index contributed by atoms with van der Waals surface area (Å²) in [7, 11) is 0. The Morgan fingerprint density at radius 2 is 1.68 bits per heavy atom. The highest BCUT2D eigenvalue weighted by Crippen LogP contribution is 2.13. The van der Waals surface area contributed by atoms with Crippen molar-refractivity contribution in [3.8, 4) is 5.75 Å². The van der Waals surface area contributed by atoms with Crippen molar-refractivity contribution in [1.82, 2.24) is 5.43 Å². The zero-order valence-corrected chi connectivity index (χ0v) is 17.3. The Hall–Kier alpha value is -3.75. The lowest BCUT2D eigenvalue weighted by Crippen LogP contribution is -2.26. The van der Waals surface area contributed by atoms with Crippen LogP contribution in [0.3, 0.4) is 0 Å². The summed E-state index contributed by atoms with van der Waals surface area (Å²) in [4.78, 5) is 35.2. The van der Waals surface area contributed by atoms with Gasteiger partial charge in [-0.2, -0.15) is 5.10 Å². The van der Waals surface area contributed by atoms with E-state index in [0.717, 1.165) is 0 Å². The maximum atomic E-state index is 12.8. The zero-order chi connectivity index (χ0) is 22.6.